The van der Waals surface area contributed by atoms with Crippen LogP contribution in [0.15, 0.2) is 42.5 Å². The summed E-state index contributed by atoms with van der Waals surface area (Å²) >= 11 is 12.1. The van der Waals surface area contributed by atoms with Gasteiger partial charge in [0.15, 0.2) is 0 Å². The van der Waals surface area contributed by atoms with Crippen molar-refractivity contribution in [2.45, 2.75) is 5.92 Å². The number of carbonyl (C=O) groups is 1. The molecule has 26 heavy (non-hydrogen) atoms. The maximum absolute atomic E-state index is 13.0. The van der Waals surface area contributed by atoms with Gasteiger partial charge in [-0.05, 0) is 24.1 Å². The second-order valence-corrected chi connectivity index (χ2v) is 7.00. The van der Waals surface area contributed by atoms with Gasteiger partial charge in [0.1, 0.15) is 5.75 Å². The molecule has 1 aliphatic heterocycles. The number of ether oxygens (including phenoxy) is 1. The summed E-state index contributed by atoms with van der Waals surface area (Å²) in [5.41, 5.74) is 7.58. The Morgan fingerprint density at radius 2 is 1.85 bits per heavy atom. The Bertz CT molecular complexity index is 771. The van der Waals surface area contributed by atoms with Crippen LogP contribution in [0.2, 0.25) is 10.0 Å². The average Bonchev–Trinajstić information content (AvgIpc) is 3.08. The van der Waals surface area contributed by atoms with E-state index in [1.54, 1.807) is 12.1 Å². The van der Waals surface area contributed by atoms with Crippen LogP contribution in [0.4, 0.5) is 0 Å². The van der Waals surface area contributed by atoms with Gasteiger partial charge in [-0.25, -0.2) is 0 Å². The zero-order chi connectivity index (χ0) is 18.0. The Hall–Kier alpha value is -1.46. The van der Waals surface area contributed by atoms with E-state index in [2.05, 4.69) is 12.1 Å². The highest BCUT2D eigenvalue weighted by atomic mass is 35.5. The number of hydrogen-bond acceptors (Lipinski definition) is 3. The number of carbonyl (C=O) groups excluding carboxylic acids is 1. The third kappa shape index (κ3) is 4.09. The molecule has 2 aromatic rings. The molecule has 0 aliphatic carbocycles. The maximum Gasteiger partial charge on any atom is 0.257 e. The van der Waals surface area contributed by atoms with Crippen LogP contribution in [0.3, 0.4) is 0 Å². The zero-order valence-corrected chi connectivity index (χ0v) is 16.7. The largest absolute Gasteiger partial charge is 0.496 e. The number of likely N-dealkylation sites (tertiary alicyclic amines) is 1. The predicted octanol–water partition coefficient (Wildman–Crippen LogP) is 4.24. The second kappa shape index (κ2) is 8.96. The Labute approximate surface area is 169 Å². The molecule has 4 nitrogen and oxygen atoms in total. The van der Waals surface area contributed by atoms with Gasteiger partial charge in [-0.3, -0.25) is 4.79 Å². The van der Waals surface area contributed by atoms with E-state index < -0.39 is 0 Å². The van der Waals surface area contributed by atoms with Gasteiger partial charge in [0.2, 0.25) is 0 Å². The van der Waals surface area contributed by atoms with Crippen molar-refractivity contribution >= 4 is 41.5 Å². The maximum atomic E-state index is 13.0. The fraction of sp³-hybridized carbons (Fsp3) is 0.316. The highest BCUT2D eigenvalue weighted by molar-refractivity contribution is 6.42. The lowest BCUT2D eigenvalue weighted by Gasteiger charge is -2.19. The van der Waals surface area contributed by atoms with Gasteiger partial charge in [0, 0.05) is 25.1 Å². The summed E-state index contributed by atoms with van der Waals surface area (Å²) < 4.78 is 5.31. The first kappa shape index (κ1) is 20.8. The van der Waals surface area contributed by atoms with E-state index >= 15 is 0 Å². The van der Waals surface area contributed by atoms with E-state index in [4.69, 9.17) is 33.7 Å². The van der Waals surface area contributed by atoms with Gasteiger partial charge in [0.25, 0.3) is 5.91 Å². The molecule has 1 heterocycles. The molecular weight excluding hydrogens is 395 g/mol. The van der Waals surface area contributed by atoms with Crippen LogP contribution in [0.1, 0.15) is 21.8 Å². The van der Waals surface area contributed by atoms with E-state index in [1.165, 1.54) is 12.7 Å². The molecule has 1 saturated heterocycles. The lowest BCUT2D eigenvalue weighted by atomic mass is 9.89. The van der Waals surface area contributed by atoms with Crippen molar-refractivity contribution < 1.29 is 9.53 Å². The number of nitrogens with two attached hydrogens (primary N) is 1. The minimum Gasteiger partial charge on any atom is -0.496 e. The van der Waals surface area contributed by atoms with Crippen molar-refractivity contribution in [1.82, 2.24) is 4.90 Å². The van der Waals surface area contributed by atoms with Gasteiger partial charge in [-0.1, -0.05) is 53.5 Å². The summed E-state index contributed by atoms with van der Waals surface area (Å²) in [5.74, 6) is 0.753. The summed E-state index contributed by atoms with van der Waals surface area (Å²) in [6.07, 6.45) is 0. The second-order valence-electron chi connectivity index (χ2n) is 6.19. The van der Waals surface area contributed by atoms with E-state index in [0.717, 1.165) is 0 Å². The van der Waals surface area contributed by atoms with Gasteiger partial charge in [-0.15, -0.1) is 12.4 Å². The first-order chi connectivity index (χ1) is 12.0. The number of nitrogens with zero attached hydrogens (tertiary/aromatic N) is 1. The Balaban J connectivity index is 0.00000243. The van der Waals surface area contributed by atoms with Gasteiger partial charge in [0.05, 0.1) is 22.7 Å². The third-order valence-electron chi connectivity index (χ3n) is 4.73. The molecule has 1 amide bonds. The van der Waals surface area contributed by atoms with Crippen LogP contribution >= 0.6 is 35.6 Å². The number of rotatable bonds is 4. The molecular formula is C19H21Cl3N2O2. The van der Waals surface area contributed by atoms with Crippen LogP contribution in [-0.2, 0) is 0 Å². The zero-order valence-electron chi connectivity index (χ0n) is 14.3. The minimum atomic E-state index is -0.118. The van der Waals surface area contributed by atoms with Crippen molar-refractivity contribution in [2.24, 2.45) is 11.7 Å². The quantitative estimate of drug-likeness (QED) is 0.812. The summed E-state index contributed by atoms with van der Waals surface area (Å²) in [7, 11) is 1.51. The van der Waals surface area contributed by atoms with E-state index in [9.17, 15) is 4.79 Å². The smallest absolute Gasteiger partial charge is 0.257 e. The molecule has 2 atom stereocenters. The molecule has 0 aromatic heterocycles. The number of methoxy groups -OCH3 is 1. The van der Waals surface area contributed by atoms with Crippen molar-refractivity contribution in [1.29, 1.82) is 0 Å². The molecule has 0 radical (unpaired) electrons. The van der Waals surface area contributed by atoms with Crippen LogP contribution in [-0.4, -0.2) is 37.6 Å². The predicted molar refractivity (Wildman–Crippen MR) is 108 cm³/mol. The molecule has 3 rings (SSSR count). The topological polar surface area (TPSA) is 55.6 Å². The molecule has 0 saturated carbocycles. The van der Waals surface area contributed by atoms with Gasteiger partial charge >= 0.3 is 0 Å². The molecule has 7 heteroatoms. The Morgan fingerprint density at radius 1 is 1.19 bits per heavy atom. The average molecular weight is 416 g/mol. The monoisotopic (exact) mass is 414 g/mol. The molecule has 2 aromatic carbocycles. The SMILES string of the molecule is COc1cc(Cl)c(Cl)cc1C(=O)N1C[C@@H](CN)[C@H](c2ccccc2)C1.Cl. The minimum absolute atomic E-state index is 0. The summed E-state index contributed by atoms with van der Waals surface area (Å²) in [6, 6.07) is 13.3. The first-order valence-electron chi connectivity index (χ1n) is 8.12. The number of halogens is 3. The normalized spacial score (nSPS) is 19.2. The van der Waals surface area contributed by atoms with E-state index in [1.807, 2.05) is 23.1 Å². The molecule has 1 fully saturated rings. The molecule has 1 aliphatic rings. The lowest BCUT2D eigenvalue weighted by molar-refractivity contribution is 0.0783. The van der Waals surface area contributed by atoms with Crippen LogP contribution in [0.5, 0.6) is 5.75 Å². The fourth-order valence-electron chi connectivity index (χ4n) is 3.39. The molecule has 0 unspecified atom stereocenters. The Kier molecular flexibility index (Phi) is 7.18. The lowest BCUT2D eigenvalue weighted by Crippen LogP contribution is -2.30. The molecule has 0 bridgehead atoms. The first-order valence-corrected chi connectivity index (χ1v) is 8.88. The van der Waals surface area contributed by atoms with Crippen molar-refractivity contribution in [2.75, 3.05) is 26.7 Å². The van der Waals surface area contributed by atoms with Gasteiger partial charge < -0.3 is 15.4 Å². The van der Waals surface area contributed by atoms with Crippen LogP contribution < -0.4 is 10.5 Å². The van der Waals surface area contributed by atoms with Gasteiger partial charge in [-0.2, -0.15) is 0 Å². The van der Waals surface area contributed by atoms with Crippen molar-refractivity contribution in [3.8, 4) is 5.75 Å². The number of benzene rings is 2. The summed E-state index contributed by atoms with van der Waals surface area (Å²) in [4.78, 5) is 14.8. The highest BCUT2D eigenvalue weighted by Crippen LogP contribution is 2.36. The third-order valence-corrected chi connectivity index (χ3v) is 5.45. The molecule has 2 N–H and O–H groups in total. The van der Waals surface area contributed by atoms with E-state index in [0.29, 0.717) is 41.0 Å². The molecule has 140 valence electrons. The van der Waals surface area contributed by atoms with Crippen LogP contribution in [0, 0.1) is 5.92 Å². The Morgan fingerprint density at radius 3 is 2.46 bits per heavy atom. The highest BCUT2D eigenvalue weighted by Gasteiger charge is 2.36. The fourth-order valence-corrected chi connectivity index (χ4v) is 3.71. The molecule has 0 spiro atoms. The number of hydrogen-bond donors (Lipinski definition) is 1. The van der Waals surface area contributed by atoms with Crippen LogP contribution in [0.25, 0.3) is 0 Å². The van der Waals surface area contributed by atoms with Crippen molar-refractivity contribution in [3.05, 3.63) is 63.6 Å². The summed E-state index contributed by atoms with van der Waals surface area (Å²) in [6.45, 7) is 1.76. The summed E-state index contributed by atoms with van der Waals surface area (Å²) in [5, 5.41) is 0.693. The van der Waals surface area contributed by atoms with E-state index in [-0.39, 0.29) is 30.2 Å². The van der Waals surface area contributed by atoms with Crippen molar-refractivity contribution in [3.63, 3.8) is 0 Å². The number of amides is 1. The standard InChI is InChI=1S/C19H20Cl2N2O2.ClH/c1-25-18-8-17(21)16(20)7-14(18)19(24)23-10-13(9-22)15(11-23)12-5-3-2-4-6-12;/h2-8,13,15H,9-11,22H2,1H3;1H/t13-,15+;/m1./s1.